The van der Waals surface area contributed by atoms with Gasteiger partial charge in [0.05, 0.1) is 0 Å². The lowest BCUT2D eigenvalue weighted by Gasteiger charge is -2.40. The number of amides is 1. The molecule has 170 valence electrons. The van der Waals surface area contributed by atoms with E-state index < -0.39 is 0 Å². The highest BCUT2D eigenvalue weighted by atomic mass is 16.2. The number of piperazine rings is 1. The summed E-state index contributed by atoms with van der Waals surface area (Å²) in [4.78, 5) is 29.4. The summed E-state index contributed by atoms with van der Waals surface area (Å²) < 4.78 is 0. The second-order valence-electron chi connectivity index (χ2n) is 9.47. The number of hydrogen-bond donors (Lipinski definition) is 0. The van der Waals surface area contributed by atoms with Crippen molar-refractivity contribution in [3.05, 3.63) is 42.2 Å². The van der Waals surface area contributed by atoms with Crippen molar-refractivity contribution in [1.82, 2.24) is 19.8 Å². The molecule has 6 heteroatoms. The van der Waals surface area contributed by atoms with E-state index in [9.17, 15) is 4.79 Å². The van der Waals surface area contributed by atoms with E-state index in [1.54, 1.807) is 12.4 Å². The van der Waals surface area contributed by atoms with Crippen molar-refractivity contribution < 1.29 is 4.79 Å². The predicted molar refractivity (Wildman–Crippen MR) is 128 cm³/mol. The summed E-state index contributed by atoms with van der Waals surface area (Å²) in [5.74, 6) is 1.11. The van der Waals surface area contributed by atoms with Gasteiger partial charge in [0.25, 0.3) is 5.91 Å². The molecule has 3 fully saturated rings. The number of aromatic nitrogens is 2. The highest BCUT2D eigenvalue weighted by Gasteiger charge is 2.27. The largest absolute Gasteiger partial charge is 0.355 e. The first-order valence-corrected chi connectivity index (χ1v) is 12.5. The minimum Gasteiger partial charge on any atom is -0.355 e. The Kier molecular flexibility index (Phi) is 6.67. The first-order valence-electron chi connectivity index (χ1n) is 12.5. The maximum absolute atomic E-state index is 13.1. The number of anilines is 1. The van der Waals surface area contributed by atoms with Gasteiger partial charge in [-0.25, -0.2) is 4.98 Å². The van der Waals surface area contributed by atoms with Gasteiger partial charge in [-0.3, -0.25) is 14.7 Å². The zero-order valence-corrected chi connectivity index (χ0v) is 19.1. The lowest BCUT2D eigenvalue weighted by molar-refractivity contribution is 0.0523. The van der Waals surface area contributed by atoms with Gasteiger partial charge >= 0.3 is 0 Å². The zero-order valence-electron chi connectivity index (χ0n) is 19.1. The molecule has 2 saturated heterocycles. The van der Waals surface area contributed by atoms with Crippen molar-refractivity contribution >= 4 is 11.7 Å². The summed E-state index contributed by atoms with van der Waals surface area (Å²) in [6.45, 7) is 5.76. The topological polar surface area (TPSA) is 52.6 Å². The second-order valence-corrected chi connectivity index (χ2v) is 9.47. The molecule has 0 bridgehead atoms. The van der Waals surface area contributed by atoms with Gasteiger partial charge in [-0.05, 0) is 44.2 Å². The van der Waals surface area contributed by atoms with Crippen molar-refractivity contribution in [2.24, 2.45) is 0 Å². The van der Waals surface area contributed by atoms with Gasteiger partial charge in [-0.2, -0.15) is 0 Å². The van der Waals surface area contributed by atoms with Gasteiger partial charge in [0.15, 0.2) is 5.82 Å². The van der Waals surface area contributed by atoms with Gasteiger partial charge < -0.3 is 9.80 Å². The van der Waals surface area contributed by atoms with Crippen LogP contribution in [0.1, 0.15) is 61.7 Å². The first kappa shape index (κ1) is 21.4. The van der Waals surface area contributed by atoms with E-state index in [0.717, 1.165) is 67.9 Å². The molecule has 1 saturated carbocycles. The molecule has 1 aromatic carbocycles. The second kappa shape index (κ2) is 9.99. The van der Waals surface area contributed by atoms with Crippen molar-refractivity contribution in [3.8, 4) is 11.3 Å². The van der Waals surface area contributed by atoms with E-state index in [1.165, 1.54) is 51.4 Å². The number of nitrogens with zero attached hydrogens (tertiary/aromatic N) is 5. The molecule has 32 heavy (non-hydrogen) atoms. The molecule has 3 heterocycles. The summed E-state index contributed by atoms with van der Waals surface area (Å²) in [7, 11) is 0. The van der Waals surface area contributed by atoms with E-state index in [4.69, 9.17) is 0 Å². The lowest BCUT2D eigenvalue weighted by atomic mass is 9.94. The fourth-order valence-electron chi connectivity index (χ4n) is 5.56. The number of carbonyl (C=O) groups excluding carboxylic acids is 1. The first-order chi connectivity index (χ1) is 15.8. The van der Waals surface area contributed by atoms with Crippen LogP contribution in [0.2, 0.25) is 0 Å². The van der Waals surface area contributed by atoms with Crippen LogP contribution < -0.4 is 4.90 Å². The monoisotopic (exact) mass is 433 g/mol. The van der Waals surface area contributed by atoms with E-state index >= 15 is 0 Å². The fraction of sp³-hybridized carbons (Fsp3) is 0.577. The molecule has 0 atom stereocenters. The number of hydrogen-bond acceptors (Lipinski definition) is 5. The smallest absolute Gasteiger partial charge is 0.253 e. The maximum atomic E-state index is 13.1. The van der Waals surface area contributed by atoms with Crippen LogP contribution >= 0.6 is 0 Å². The Bertz CT molecular complexity index is 895. The fourth-order valence-corrected chi connectivity index (χ4v) is 5.56. The Morgan fingerprint density at radius 2 is 1.41 bits per heavy atom. The highest BCUT2D eigenvalue weighted by Crippen LogP contribution is 2.29. The van der Waals surface area contributed by atoms with Crippen molar-refractivity contribution in [1.29, 1.82) is 0 Å². The van der Waals surface area contributed by atoms with Gasteiger partial charge in [0.1, 0.15) is 5.69 Å². The average molecular weight is 434 g/mol. The third-order valence-corrected chi connectivity index (χ3v) is 7.43. The minimum atomic E-state index is 0.148. The van der Waals surface area contributed by atoms with Gasteiger partial charge in [-0.15, -0.1) is 0 Å². The maximum Gasteiger partial charge on any atom is 0.253 e. The average Bonchev–Trinajstić information content (AvgIpc) is 2.89. The molecule has 0 unspecified atom stereocenters. The molecule has 1 aromatic heterocycles. The van der Waals surface area contributed by atoms with Crippen LogP contribution in [0.5, 0.6) is 0 Å². The van der Waals surface area contributed by atoms with E-state index in [1.807, 2.05) is 29.2 Å². The Labute approximate surface area is 191 Å². The number of carbonyl (C=O) groups is 1. The molecule has 6 nitrogen and oxygen atoms in total. The van der Waals surface area contributed by atoms with E-state index in [-0.39, 0.29) is 5.91 Å². The number of piperidine rings is 1. The standard InChI is InChI=1S/C26H35N5O/c32-26(31-19-17-29(18-20-31)23-7-3-1-4-8-23)22-11-9-21(10-12-22)24-25(28-14-13-27-24)30-15-5-2-6-16-30/h9-14,23H,1-8,15-20H2. The van der Waals surface area contributed by atoms with Crippen molar-refractivity contribution in [2.45, 2.75) is 57.4 Å². The predicted octanol–water partition coefficient (Wildman–Crippen LogP) is 4.22. The molecule has 0 spiro atoms. The molecular formula is C26H35N5O. The lowest BCUT2D eigenvalue weighted by Crippen LogP contribution is -2.52. The van der Waals surface area contributed by atoms with Crippen LogP contribution in [-0.4, -0.2) is 71.0 Å². The van der Waals surface area contributed by atoms with E-state index in [0.29, 0.717) is 0 Å². The summed E-state index contributed by atoms with van der Waals surface area (Å²) in [6, 6.07) is 8.72. The molecule has 0 radical (unpaired) electrons. The molecule has 2 aliphatic heterocycles. The van der Waals surface area contributed by atoms with Crippen LogP contribution in [0.15, 0.2) is 36.7 Å². The third kappa shape index (κ3) is 4.65. The molecule has 1 amide bonds. The third-order valence-electron chi connectivity index (χ3n) is 7.43. The zero-order chi connectivity index (χ0) is 21.8. The van der Waals surface area contributed by atoms with Crippen LogP contribution in [-0.2, 0) is 0 Å². The van der Waals surface area contributed by atoms with Crippen LogP contribution in [0.3, 0.4) is 0 Å². The molecule has 0 N–H and O–H groups in total. The molecule has 1 aliphatic carbocycles. The normalized spacial score (nSPS) is 21.0. The summed E-state index contributed by atoms with van der Waals surface area (Å²) in [5, 5.41) is 0. The van der Waals surface area contributed by atoms with Crippen LogP contribution in [0.25, 0.3) is 11.3 Å². The van der Waals surface area contributed by atoms with Crippen molar-refractivity contribution in [2.75, 3.05) is 44.2 Å². The van der Waals surface area contributed by atoms with Crippen LogP contribution in [0, 0.1) is 0 Å². The molecule has 2 aromatic rings. The summed E-state index contributed by atoms with van der Waals surface area (Å²) in [5.41, 5.74) is 2.70. The minimum absolute atomic E-state index is 0.148. The van der Waals surface area contributed by atoms with Gasteiger partial charge in [0, 0.05) is 68.8 Å². The van der Waals surface area contributed by atoms with Crippen LogP contribution in [0.4, 0.5) is 5.82 Å². The molecular weight excluding hydrogens is 398 g/mol. The summed E-state index contributed by atoms with van der Waals surface area (Å²) in [6.07, 6.45) is 14.0. The Morgan fingerprint density at radius 3 is 2.12 bits per heavy atom. The Morgan fingerprint density at radius 1 is 0.750 bits per heavy atom. The van der Waals surface area contributed by atoms with E-state index in [2.05, 4.69) is 19.8 Å². The van der Waals surface area contributed by atoms with Crippen molar-refractivity contribution in [3.63, 3.8) is 0 Å². The highest BCUT2D eigenvalue weighted by molar-refractivity contribution is 5.95. The quantitative estimate of drug-likeness (QED) is 0.722. The number of rotatable bonds is 4. The Hall–Kier alpha value is -2.47. The van der Waals surface area contributed by atoms with Gasteiger partial charge in [0.2, 0.25) is 0 Å². The molecule has 3 aliphatic rings. The van der Waals surface area contributed by atoms with Gasteiger partial charge in [-0.1, -0.05) is 31.4 Å². The molecule has 5 rings (SSSR count). The Balaban J connectivity index is 1.24. The number of benzene rings is 1. The summed E-state index contributed by atoms with van der Waals surface area (Å²) >= 11 is 0. The SMILES string of the molecule is O=C(c1ccc(-c2nccnc2N2CCCCC2)cc1)N1CCN(C2CCCCC2)CC1.